The highest BCUT2D eigenvalue weighted by molar-refractivity contribution is 7.99. The number of thioether (sulfide) groups is 1. The molecule has 1 aromatic heterocycles. The van der Waals surface area contributed by atoms with Gasteiger partial charge in [-0.15, -0.1) is 11.8 Å². The third kappa shape index (κ3) is 2.51. The van der Waals surface area contributed by atoms with Crippen LogP contribution in [-0.2, 0) is 9.59 Å². The van der Waals surface area contributed by atoms with Crippen LogP contribution in [0.4, 0.5) is 0 Å². The Bertz CT molecular complexity index is 434. The Hall–Kier alpha value is -1.08. The molecule has 0 bridgehead atoms. The van der Waals surface area contributed by atoms with Crippen LogP contribution in [0.5, 0.6) is 0 Å². The summed E-state index contributed by atoms with van der Waals surface area (Å²) in [5.74, 6) is 0.195. The molecular weight excluding hydrogens is 274 g/mol. The molecular formula is C11H13NO4S2. The highest BCUT2D eigenvalue weighted by Crippen LogP contribution is 2.41. The first kappa shape index (κ1) is 13.4. The van der Waals surface area contributed by atoms with E-state index in [9.17, 15) is 9.59 Å². The van der Waals surface area contributed by atoms with Crippen molar-refractivity contribution in [2.45, 2.75) is 17.8 Å². The Morgan fingerprint density at radius 2 is 2.39 bits per heavy atom. The fourth-order valence-corrected chi connectivity index (χ4v) is 3.46. The monoisotopic (exact) mass is 287 g/mol. The molecule has 1 amide bonds. The van der Waals surface area contributed by atoms with Crippen molar-refractivity contribution >= 4 is 36.3 Å². The first-order valence-corrected chi connectivity index (χ1v) is 7.13. The van der Waals surface area contributed by atoms with E-state index in [2.05, 4.69) is 12.6 Å². The number of amides is 1. The maximum atomic E-state index is 12.0. The molecule has 0 saturated carbocycles. The maximum Gasteiger partial charge on any atom is 0.327 e. The summed E-state index contributed by atoms with van der Waals surface area (Å²) < 4.78 is 5.28. The van der Waals surface area contributed by atoms with Crippen molar-refractivity contribution in [3.05, 3.63) is 24.2 Å². The normalized spacial score (nSPS) is 23.3. The van der Waals surface area contributed by atoms with Crippen LogP contribution in [-0.4, -0.2) is 39.4 Å². The van der Waals surface area contributed by atoms with E-state index in [4.69, 9.17) is 9.52 Å². The van der Waals surface area contributed by atoms with Gasteiger partial charge in [0, 0.05) is 12.2 Å². The van der Waals surface area contributed by atoms with Crippen molar-refractivity contribution in [1.82, 2.24) is 4.90 Å². The Balaban J connectivity index is 2.25. The maximum absolute atomic E-state index is 12.0. The first-order chi connectivity index (χ1) is 8.65. The van der Waals surface area contributed by atoms with Gasteiger partial charge in [0.15, 0.2) is 0 Å². The standard InChI is InChI=1S/C11H13NO4S2/c13-9(3-5-17)12-7(11(14)15)6-18-10(12)8-2-1-4-16-8/h1-2,4,7,10,17H,3,5-6H2,(H,14,15). The highest BCUT2D eigenvalue weighted by Gasteiger charge is 2.43. The molecule has 1 aliphatic rings. The van der Waals surface area contributed by atoms with E-state index in [1.807, 2.05) is 0 Å². The quantitative estimate of drug-likeness (QED) is 0.824. The zero-order chi connectivity index (χ0) is 13.1. The van der Waals surface area contributed by atoms with E-state index in [0.717, 1.165) is 0 Å². The summed E-state index contributed by atoms with van der Waals surface area (Å²) in [6, 6.07) is 2.69. The van der Waals surface area contributed by atoms with Crippen molar-refractivity contribution < 1.29 is 19.1 Å². The van der Waals surface area contributed by atoms with Gasteiger partial charge in [0.25, 0.3) is 0 Å². The van der Waals surface area contributed by atoms with Gasteiger partial charge in [-0.25, -0.2) is 4.79 Å². The molecule has 0 spiro atoms. The van der Waals surface area contributed by atoms with E-state index in [-0.39, 0.29) is 17.7 Å². The molecule has 1 aliphatic heterocycles. The average molecular weight is 287 g/mol. The summed E-state index contributed by atoms with van der Waals surface area (Å²) in [7, 11) is 0. The van der Waals surface area contributed by atoms with Gasteiger partial charge in [0.1, 0.15) is 17.2 Å². The number of carboxylic acid groups (broad SMARTS) is 1. The molecule has 2 atom stereocenters. The Kier molecular flexibility index (Phi) is 4.23. The molecule has 18 heavy (non-hydrogen) atoms. The second-order valence-corrected chi connectivity index (χ2v) is 5.39. The van der Waals surface area contributed by atoms with Crippen LogP contribution in [0.15, 0.2) is 22.8 Å². The predicted molar refractivity (Wildman–Crippen MR) is 70.6 cm³/mol. The van der Waals surface area contributed by atoms with Crippen molar-refractivity contribution in [2.24, 2.45) is 0 Å². The molecule has 1 fully saturated rings. The second-order valence-electron chi connectivity index (χ2n) is 3.83. The summed E-state index contributed by atoms with van der Waals surface area (Å²) in [5, 5.41) is 8.81. The largest absolute Gasteiger partial charge is 0.480 e. The molecule has 98 valence electrons. The van der Waals surface area contributed by atoms with Crippen molar-refractivity contribution in [3.8, 4) is 0 Å². The molecule has 7 heteroatoms. The van der Waals surface area contributed by atoms with E-state index in [0.29, 0.717) is 17.3 Å². The second kappa shape index (κ2) is 5.71. The average Bonchev–Trinajstić information content (AvgIpc) is 2.97. The molecule has 2 unspecified atom stereocenters. The zero-order valence-corrected chi connectivity index (χ0v) is 11.2. The lowest BCUT2D eigenvalue weighted by Crippen LogP contribution is -2.42. The lowest BCUT2D eigenvalue weighted by molar-refractivity contribution is -0.149. The molecule has 2 rings (SSSR count). The third-order valence-electron chi connectivity index (χ3n) is 2.69. The van der Waals surface area contributed by atoms with Gasteiger partial charge in [0.2, 0.25) is 5.91 Å². The minimum absolute atomic E-state index is 0.205. The predicted octanol–water partition coefficient (Wildman–Crippen LogP) is 1.63. The van der Waals surface area contributed by atoms with Crippen molar-refractivity contribution in [2.75, 3.05) is 11.5 Å². The van der Waals surface area contributed by atoms with Crippen molar-refractivity contribution in [3.63, 3.8) is 0 Å². The number of furan rings is 1. The van der Waals surface area contributed by atoms with Crippen molar-refractivity contribution in [1.29, 1.82) is 0 Å². The van der Waals surface area contributed by atoms with Crippen LogP contribution in [0, 0.1) is 0 Å². The number of thiol groups is 1. The molecule has 2 heterocycles. The van der Waals surface area contributed by atoms with Crippen LogP contribution in [0.2, 0.25) is 0 Å². The third-order valence-corrected chi connectivity index (χ3v) is 4.19. The van der Waals surface area contributed by atoms with Gasteiger partial charge in [-0.1, -0.05) is 0 Å². The molecule has 1 saturated heterocycles. The molecule has 0 radical (unpaired) electrons. The number of hydrogen-bond acceptors (Lipinski definition) is 5. The summed E-state index contributed by atoms with van der Waals surface area (Å²) in [6.45, 7) is 0. The van der Waals surface area contributed by atoms with Gasteiger partial charge < -0.3 is 14.4 Å². The molecule has 1 aromatic rings. The van der Waals surface area contributed by atoms with Gasteiger partial charge in [-0.2, -0.15) is 12.6 Å². The minimum Gasteiger partial charge on any atom is -0.480 e. The lowest BCUT2D eigenvalue weighted by atomic mass is 10.2. The number of aliphatic carboxylic acids is 1. The number of nitrogens with zero attached hydrogens (tertiary/aromatic N) is 1. The topological polar surface area (TPSA) is 70.8 Å². The van der Waals surface area contributed by atoms with E-state index in [1.54, 1.807) is 12.1 Å². The van der Waals surface area contributed by atoms with E-state index >= 15 is 0 Å². The smallest absolute Gasteiger partial charge is 0.327 e. The van der Waals surface area contributed by atoms with Gasteiger partial charge >= 0.3 is 5.97 Å². The van der Waals surface area contributed by atoms with Gasteiger partial charge in [-0.3, -0.25) is 4.79 Å². The summed E-state index contributed by atoms with van der Waals surface area (Å²) in [4.78, 5) is 24.6. The molecule has 0 aliphatic carbocycles. The fourth-order valence-electron chi connectivity index (χ4n) is 1.88. The molecule has 0 aromatic carbocycles. The zero-order valence-electron chi connectivity index (χ0n) is 9.48. The Labute approximate surface area is 114 Å². The SMILES string of the molecule is O=C(O)C1CSC(c2ccco2)N1C(=O)CCS. The van der Waals surface area contributed by atoms with Crippen LogP contribution in [0.25, 0.3) is 0 Å². The van der Waals surface area contributed by atoms with E-state index in [1.165, 1.54) is 22.9 Å². The molecule has 5 nitrogen and oxygen atoms in total. The number of hydrogen-bond donors (Lipinski definition) is 2. The Morgan fingerprint density at radius 1 is 1.61 bits per heavy atom. The summed E-state index contributed by atoms with van der Waals surface area (Å²) in [6.07, 6.45) is 1.75. The minimum atomic E-state index is -0.982. The van der Waals surface area contributed by atoms with E-state index < -0.39 is 12.0 Å². The number of carbonyl (C=O) groups excluding carboxylic acids is 1. The Morgan fingerprint density at radius 3 is 2.94 bits per heavy atom. The first-order valence-electron chi connectivity index (χ1n) is 5.45. The number of carbonyl (C=O) groups is 2. The van der Waals surface area contributed by atoms with Gasteiger partial charge in [0.05, 0.1) is 6.26 Å². The van der Waals surface area contributed by atoms with Crippen LogP contribution in [0.1, 0.15) is 17.6 Å². The fraction of sp³-hybridized carbons (Fsp3) is 0.455. The van der Waals surface area contributed by atoms with Crippen LogP contribution >= 0.6 is 24.4 Å². The lowest BCUT2D eigenvalue weighted by Gasteiger charge is -2.25. The van der Waals surface area contributed by atoms with Crippen LogP contribution < -0.4 is 0 Å². The van der Waals surface area contributed by atoms with Crippen LogP contribution in [0.3, 0.4) is 0 Å². The number of carboxylic acids is 1. The number of rotatable bonds is 4. The highest BCUT2D eigenvalue weighted by atomic mass is 32.2. The van der Waals surface area contributed by atoms with Gasteiger partial charge in [-0.05, 0) is 17.9 Å². The summed E-state index contributed by atoms with van der Waals surface area (Å²) >= 11 is 5.42. The summed E-state index contributed by atoms with van der Waals surface area (Å²) in [5.41, 5.74) is 0. The molecule has 1 N–H and O–H groups in total.